The maximum atomic E-state index is 6.73. The van der Waals surface area contributed by atoms with Crippen molar-refractivity contribution >= 4 is 104 Å². The minimum absolute atomic E-state index is 0.0328. The van der Waals surface area contributed by atoms with Crippen molar-refractivity contribution in [2.24, 2.45) is 0 Å². The van der Waals surface area contributed by atoms with Crippen LogP contribution in [0.25, 0.3) is 91.9 Å². The highest BCUT2D eigenvalue weighted by atomic mass is 32.1. The molecule has 8 aromatic carbocycles. The monoisotopic (exact) mass is 842 g/mol. The lowest BCUT2D eigenvalue weighted by Crippen LogP contribution is -2.60. The zero-order valence-electron chi connectivity index (χ0n) is 37.6. The first-order valence-electron chi connectivity index (χ1n) is 22.9. The molecule has 2 aliphatic heterocycles. The Morgan fingerprint density at radius 3 is 2.05 bits per heavy atom. The first kappa shape index (κ1) is 36.9. The number of benzene rings is 8. The second-order valence-electron chi connectivity index (χ2n) is 21.3. The molecule has 11 aromatic rings. The molecule has 0 saturated heterocycles. The molecule has 3 nitrogen and oxygen atoms in total. The SMILES string of the molecule is CC(C)(C)c1ccc(N2B3c4cc5c(cc4-n4c6cc7c(cc6c6ccc(c3c64)-c3cc4c(cc32)C(C)(C)c2ccc(C(C)(C)C)cc2-4)sc2ccccc27)oc2ccccc25)cc1. The summed E-state index contributed by atoms with van der Waals surface area (Å²) in [7, 11) is 0. The van der Waals surface area contributed by atoms with Gasteiger partial charge in [-0.05, 0) is 109 Å². The predicted molar refractivity (Wildman–Crippen MR) is 275 cm³/mol. The maximum Gasteiger partial charge on any atom is 0.333 e. The number of thiophene rings is 1. The topological polar surface area (TPSA) is 21.3 Å². The summed E-state index contributed by atoms with van der Waals surface area (Å²) in [6.45, 7) is 18.7. The molecule has 3 aromatic heterocycles. The molecule has 0 N–H and O–H groups in total. The van der Waals surface area contributed by atoms with Gasteiger partial charge in [0.25, 0.3) is 0 Å². The van der Waals surface area contributed by atoms with Gasteiger partial charge in [-0.1, -0.05) is 140 Å². The first-order chi connectivity index (χ1) is 30.7. The highest BCUT2D eigenvalue weighted by Crippen LogP contribution is 2.55. The van der Waals surface area contributed by atoms with Gasteiger partial charge in [-0.25, -0.2) is 0 Å². The number of para-hydroxylation sites is 1. The van der Waals surface area contributed by atoms with Crippen LogP contribution in [0.5, 0.6) is 0 Å². The average Bonchev–Trinajstić information content (AvgIpc) is 3.99. The summed E-state index contributed by atoms with van der Waals surface area (Å²) < 4.78 is 12.0. The van der Waals surface area contributed by atoms with Crippen molar-refractivity contribution < 1.29 is 4.42 Å². The van der Waals surface area contributed by atoms with Gasteiger partial charge in [0.1, 0.15) is 11.2 Å². The molecule has 0 radical (unpaired) electrons. The minimum atomic E-state index is -0.169. The third-order valence-electron chi connectivity index (χ3n) is 15.3. The van der Waals surface area contributed by atoms with E-state index >= 15 is 0 Å². The largest absolute Gasteiger partial charge is 0.456 e. The van der Waals surface area contributed by atoms with E-state index in [4.69, 9.17) is 4.42 Å². The molecule has 0 unspecified atom stereocenters. The molecule has 0 fully saturated rings. The van der Waals surface area contributed by atoms with E-state index in [0.717, 1.165) is 21.9 Å². The number of aromatic nitrogens is 1. The lowest BCUT2D eigenvalue weighted by Gasteiger charge is -2.42. The van der Waals surface area contributed by atoms with Crippen LogP contribution in [0.3, 0.4) is 0 Å². The highest BCUT2D eigenvalue weighted by molar-refractivity contribution is 7.25. The van der Waals surface area contributed by atoms with Crippen LogP contribution in [0.15, 0.2) is 144 Å². The molecule has 0 saturated carbocycles. The molecule has 14 rings (SSSR count). The van der Waals surface area contributed by atoms with E-state index in [9.17, 15) is 0 Å². The van der Waals surface area contributed by atoms with Crippen LogP contribution in [0.1, 0.15) is 77.6 Å². The number of rotatable bonds is 1. The van der Waals surface area contributed by atoms with Gasteiger partial charge < -0.3 is 13.8 Å². The Labute approximate surface area is 377 Å². The third kappa shape index (κ3) is 4.68. The van der Waals surface area contributed by atoms with Gasteiger partial charge in [0.05, 0.1) is 11.0 Å². The Kier molecular flexibility index (Phi) is 6.89. The molecule has 0 amide bonds. The third-order valence-corrected chi connectivity index (χ3v) is 16.4. The van der Waals surface area contributed by atoms with E-state index < -0.39 is 0 Å². The normalized spacial score (nSPS) is 14.9. The highest BCUT2D eigenvalue weighted by Gasteiger charge is 2.46. The summed E-state index contributed by atoms with van der Waals surface area (Å²) >= 11 is 1.90. The molecule has 308 valence electrons. The molecule has 3 aliphatic rings. The summed E-state index contributed by atoms with van der Waals surface area (Å²) in [5, 5.41) is 7.52. The van der Waals surface area contributed by atoms with Crippen LogP contribution in [0.4, 0.5) is 11.4 Å². The number of fused-ring (bicyclic) bond motifs is 17. The van der Waals surface area contributed by atoms with Crippen LogP contribution in [0.2, 0.25) is 0 Å². The molecule has 0 bridgehead atoms. The molecule has 1 aliphatic carbocycles. The predicted octanol–water partition coefficient (Wildman–Crippen LogP) is 15.2. The lowest BCUT2D eigenvalue weighted by molar-refractivity contribution is 0.589. The van der Waals surface area contributed by atoms with Crippen molar-refractivity contribution in [3.05, 3.63) is 162 Å². The van der Waals surface area contributed by atoms with E-state index in [-0.39, 0.29) is 23.1 Å². The Morgan fingerprint density at radius 2 is 1.25 bits per heavy atom. The molecule has 0 spiro atoms. The van der Waals surface area contributed by atoms with Crippen LogP contribution < -0.4 is 15.7 Å². The van der Waals surface area contributed by atoms with E-state index in [0.29, 0.717) is 0 Å². The van der Waals surface area contributed by atoms with Gasteiger partial charge in [0.2, 0.25) is 0 Å². The van der Waals surface area contributed by atoms with Crippen LogP contribution in [-0.4, -0.2) is 11.4 Å². The fraction of sp³-hybridized carbons (Fsp3) is 0.186. The number of anilines is 2. The van der Waals surface area contributed by atoms with Crippen molar-refractivity contribution in [3.8, 4) is 27.9 Å². The van der Waals surface area contributed by atoms with Gasteiger partial charge in [-0.15, -0.1) is 11.3 Å². The smallest absolute Gasteiger partial charge is 0.333 e. The summed E-state index contributed by atoms with van der Waals surface area (Å²) in [5.41, 5.74) is 21.4. The summed E-state index contributed by atoms with van der Waals surface area (Å²) in [4.78, 5) is 2.70. The second kappa shape index (κ2) is 12.0. The van der Waals surface area contributed by atoms with E-state index in [1.807, 2.05) is 11.3 Å². The maximum absolute atomic E-state index is 6.73. The molecule has 5 heterocycles. The van der Waals surface area contributed by atoms with Crippen LogP contribution in [-0.2, 0) is 16.2 Å². The first-order valence-corrected chi connectivity index (χ1v) is 23.7. The Hall–Kier alpha value is -6.56. The van der Waals surface area contributed by atoms with Gasteiger partial charge in [-0.2, -0.15) is 0 Å². The van der Waals surface area contributed by atoms with Crippen molar-refractivity contribution in [1.29, 1.82) is 0 Å². The van der Waals surface area contributed by atoms with E-state index in [2.05, 4.69) is 204 Å². The number of nitrogens with zero attached hydrogens (tertiary/aromatic N) is 2. The fourth-order valence-electron chi connectivity index (χ4n) is 11.9. The minimum Gasteiger partial charge on any atom is -0.456 e. The van der Waals surface area contributed by atoms with Gasteiger partial charge >= 0.3 is 6.85 Å². The summed E-state index contributed by atoms with van der Waals surface area (Å²) in [5.74, 6) is 0. The molecular formula is C59H47BN2OS. The molecular weight excluding hydrogens is 796 g/mol. The van der Waals surface area contributed by atoms with Crippen LogP contribution in [0, 0.1) is 0 Å². The zero-order valence-corrected chi connectivity index (χ0v) is 38.4. The molecule has 64 heavy (non-hydrogen) atoms. The van der Waals surface area contributed by atoms with E-state index in [1.165, 1.54) is 114 Å². The average molecular weight is 843 g/mol. The van der Waals surface area contributed by atoms with Crippen molar-refractivity contribution in [3.63, 3.8) is 0 Å². The van der Waals surface area contributed by atoms with Crippen molar-refractivity contribution in [2.45, 2.75) is 71.6 Å². The molecule has 5 heteroatoms. The number of furan rings is 1. The standard InChI is InChI=1S/C59H47BN2OS/c1-57(2,3)32-17-20-34(21-18-32)62-49-30-46-40(39-25-33(58(4,5)6)19-24-45(39)59(46,7)8)26-41(49)37-22-23-38-42-29-54-44(36-14-10-12-16-53(36)64-54)28-48(42)61-50-31-52-43(35-13-9-11-15-51(35)63-52)27-47(50)60(62)55(37)56(38)61/h9-31H,1-8H3. The lowest BCUT2D eigenvalue weighted by atomic mass is 9.44. The Balaban J connectivity index is 1.15. The van der Waals surface area contributed by atoms with Crippen molar-refractivity contribution in [2.75, 3.05) is 4.81 Å². The second-order valence-corrected chi connectivity index (χ2v) is 22.4. The van der Waals surface area contributed by atoms with E-state index in [1.54, 1.807) is 0 Å². The number of hydrogen-bond acceptors (Lipinski definition) is 3. The quantitative estimate of drug-likeness (QED) is 0.154. The summed E-state index contributed by atoms with van der Waals surface area (Å²) in [6, 6.07) is 53.9. The fourth-order valence-corrected chi connectivity index (χ4v) is 13.1. The zero-order chi connectivity index (χ0) is 43.3. The van der Waals surface area contributed by atoms with Gasteiger partial charge in [-0.3, -0.25) is 0 Å². The summed E-state index contributed by atoms with van der Waals surface area (Å²) in [6.07, 6.45) is 0. The number of hydrogen-bond donors (Lipinski definition) is 0. The van der Waals surface area contributed by atoms with Crippen molar-refractivity contribution in [1.82, 2.24) is 4.57 Å². The molecule has 0 atom stereocenters. The Bertz CT molecular complexity index is 3900. The van der Waals surface area contributed by atoms with Crippen LogP contribution >= 0.6 is 11.3 Å². The van der Waals surface area contributed by atoms with Gasteiger partial charge in [0, 0.05) is 75.8 Å². The van der Waals surface area contributed by atoms with Gasteiger partial charge in [0.15, 0.2) is 0 Å². The Morgan fingerprint density at radius 1 is 0.516 bits per heavy atom.